The Labute approximate surface area is 115 Å². The van der Waals surface area contributed by atoms with Crippen molar-refractivity contribution in [3.8, 4) is 5.75 Å². The summed E-state index contributed by atoms with van der Waals surface area (Å²) in [5, 5.41) is 3.46. The van der Waals surface area contributed by atoms with Crippen LogP contribution in [-0.4, -0.2) is 36.2 Å². The Hall–Kier alpha value is -1.22. The third kappa shape index (κ3) is 2.44. The zero-order chi connectivity index (χ0) is 13.5. The van der Waals surface area contributed by atoms with Gasteiger partial charge in [0.1, 0.15) is 11.4 Å². The summed E-state index contributed by atoms with van der Waals surface area (Å²) in [6.07, 6.45) is 2.32. The second-order valence-corrected chi connectivity index (χ2v) is 6.36. The minimum atomic E-state index is -0.0170. The molecule has 3 heteroatoms. The lowest BCUT2D eigenvalue weighted by Gasteiger charge is -2.50. The van der Waals surface area contributed by atoms with Gasteiger partial charge in [-0.05, 0) is 45.7 Å². The number of nitrogens with one attached hydrogen (secondary N) is 1. The van der Waals surface area contributed by atoms with Crippen molar-refractivity contribution in [2.45, 2.75) is 45.3 Å². The van der Waals surface area contributed by atoms with E-state index in [2.05, 4.69) is 49.2 Å². The summed E-state index contributed by atoms with van der Waals surface area (Å²) in [6.45, 7) is 9.85. The molecule has 1 fully saturated rings. The molecule has 0 unspecified atom stereocenters. The molecule has 1 saturated heterocycles. The van der Waals surface area contributed by atoms with Crippen LogP contribution in [0, 0.1) is 0 Å². The molecule has 0 amide bonds. The number of ether oxygens (including phenoxy) is 1. The van der Waals surface area contributed by atoms with Crippen LogP contribution in [0.2, 0.25) is 0 Å². The van der Waals surface area contributed by atoms with Gasteiger partial charge in [-0.1, -0.05) is 6.07 Å². The number of anilines is 1. The molecule has 0 bridgehead atoms. The molecule has 3 nitrogen and oxygen atoms in total. The van der Waals surface area contributed by atoms with Gasteiger partial charge < -0.3 is 10.1 Å². The molecule has 0 radical (unpaired) electrons. The monoisotopic (exact) mass is 260 g/mol. The lowest BCUT2D eigenvalue weighted by molar-refractivity contribution is -0.0779. The molecule has 0 aromatic heterocycles. The first-order chi connectivity index (χ1) is 9.07. The lowest BCUT2D eigenvalue weighted by atomic mass is 9.94. The summed E-state index contributed by atoms with van der Waals surface area (Å²) in [5.41, 5.74) is 2.60. The number of hydrogen-bond acceptors (Lipinski definition) is 3. The van der Waals surface area contributed by atoms with Gasteiger partial charge >= 0.3 is 0 Å². The quantitative estimate of drug-likeness (QED) is 0.904. The van der Waals surface area contributed by atoms with Crippen LogP contribution in [0.1, 0.15) is 32.8 Å². The fourth-order valence-electron chi connectivity index (χ4n) is 3.08. The first-order valence-corrected chi connectivity index (χ1v) is 7.36. The van der Waals surface area contributed by atoms with E-state index in [1.165, 1.54) is 17.7 Å². The van der Waals surface area contributed by atoms with Crippen LogP contribution in [0.5, 0.6) is 5.75 Å². The molecule has 2 aliphatic heterocycles. The molecule has 2 aliphatic rings. The number of nitrogens with zero attached hydrogens (tertiary/aromatic N) is 1. The maximum atomic E-state index is 6.33. The zero-order valence-electron chi connectivity index (χ0n) is 12.2. The van der Waals surface area contributed by atoms with Crippen molar-refractivity contribution >= 4 is 5.69 Å². The summed E-state index contributed by atoms with van der Waals surface area (Å²) < 4.78 is 6.33. The number of benzene rings is 1. The largest absolute Gasteiger partial charge is 0.485 e. The Kier molecular flexibility index (Phi) is 3.17. The van der Waals surface area contributed by atoms with Crippen molar-refractivity contribution in [3.05, 3.63) is 23.8 Å². The standard InChI is InChI=1S/C16H24N2O/c1-12(2)18-10-16(3,11-18)19-15-8-4-7-14-13(15)6-5-9-17-14/h4,7-8,12,17H,5-6,9-11H2,1-3H3. The molecule has 0 spiro atoms. The van der Waals surface area contributed by atoms with Gasteiger partial charge in [-0.3, -0.25) is 4.90 Å². The third-order valence-electron chi connectivity index (χ3n) is 4.21. The van der Waals surface area contributed by atoms with Crippen molar-refractivity contribution in [2.24, 2.45) is 0 Å². The van der Waals surface area contributed by atoms with E-state index in [1.54, 1.807) is 0 Å². The topological polar surface area (TPSA) is 24.5 Å². The van der Waals surface area contributed by atoms with Gasteiger partial charge in [0.15, 0.2) is 0 Å². The molecule has 3 rings (SSSR count). The molecule has 1 aromatic carbocycles. The Morgan fingerprint density at radius 3 is 2.84 bits per heavy atom. The molecule has 1 aromatic rings. The number of hydrogen-bond donors (Lipinski definition) is 1. The van der Waals surface area contributed by atoms with Crippen LogP contribution >= 0.6 is 0 Å². The number of rotatable bonds is 3. The summed E-state index contributed by atoms with van der Waals surface area (Å²) >= 11 is 0. The highest BCUT2D eigenvalue weighted by atomic mass is 16.5. The lowest BCUT2D eigenvalue weighted by Crippen LogP contribution is -2.65. The minimum Gasteiger partial charge on any atom is -0.485 e. The van der Waals surface area contributed by atoms with Crippen molar-refractivity contribution < 1.29 is 4.74 Å². The van der Waals surface area contributed by atoms with Gasteiger partial charge in [0.25, 0.3) is 0 Å². The molecule has 1 N–H and O–H groups in total. The van der Waals surface area contributed by atoms with Gasteiger partial charge in [-0.15, -0.1) is 0 Å². The van der Waals surface area contributed by atoms with Crippen molar-refractivity contribution in [1.82, 2.24) is 4.90 Å². The van der Waals surface area contributed by atoms with Crippen molar-refractivity contribution in [1.29, 1.82) is 0 Å². The highest BCUT2D eigenvalue weighted by Crippen LogP contribution is 2.35. The Morgan fingerprint density at radius 2 is 2.11 bits per heavy atom. The second kappa shape index (κ2) is 4.71. The summed E-state index contributed by atoms with van der Waals surface area (Å²) in [7, 11) is 0. The summed E-state index contributed by atoms with van der Waals surface area (Å²) in [6, 6.07) is 6.98. The molecule has 104 valence electrons. The second-order valence-electron chi connectivity index (χ2n) is 6.36. The Balaban J connectivity index is 1.74. The average molecular weight is 260 g/mol. The third-order valence-corrected chi connectivity index (χ3v) is 4.21. The molecular weight excluding hydrogens is 236 g/mol. The molecule has 0 saturated carbocycles. The van der Waals surface area contributed by atoms with Crippen LogP contribution in [0.3, 0.4) is 0 Å². The fraction of sp³-hybridized carbons (Fsp3) is 0.625. The summed E-state index contributed by atoms with van der Waals surface area (Å²) in [5.74, 6) is 1.08. The van der Waals surface area contributed by atoms with E-state index in [0.29, 0.717) is 6.04 Å². The molecule has 19 heavy (non-hydrogen) atoms. The van der Waals surface area contributed by atoms with Crippen LogP contribution in [0.4, 0.5) is 5.69 Å². The van der Waals surface area contributed by atoms with E-state index in [1.807, 2.05) is 0 Å². The first-order valence-electron chi connectivity index (χ1n) is 7.36. The van der Waals surface area contributed by atoms with Crippen LogP contribution in [-0.2, 0) is 6.42 Å². The smallest absolute Gasteiger partial charge is 0.131 e. The average Bonchev–Trinajstić information content (AvgIpc) is 2.36. The molecule has 0 aliphatic carbocycles. The van der Waals surface area contributed by atoms with Crippen LogP contribution in [0.25, 0.3) is 0 Å². The van der Waals surface area contributed by atoms with E-state index in [0.717, 1.165) is 31.8 Å². The number of fused-ring (bicyclic) bond motifs is 1. The minimum absolute atomic E-state index is 0.0170. The van der Waals surface area contributed by atoms with E-state index in [9.17, 15) is 0 Å². The zero-order valence-corrected chi connectivity index (χ0v) is 12.2. The van der Waals surface area contributed by atoms with E-state index in [4.69, 9.17) is 4.74 Å². The van der Waals surface area contributed by atoms with Crippen molar-refractivity contribution in [2.75, 3.05) is 25.0 Å². The normalized spacial score (nSPS) is 21.5. The van der Waals surface area contributed by atoms with Gasteiger partial charge in [0, 0.05) is 36.9 Å². The highest BCUT2D eigenvalue weighted by molar-refractivity contribution is 5.59. The van der Waals surface area contributed by atoms with E-state index < -0.39 is 0 Å². The van der Waals surface area contributed by atoms with E-state index >= 15 is 0 Å². The maximum absolute atomic E-state index is 6.33. The predicted molar refractivity (Wildman–Crippen MR) is 79.0 cm³/mol. The molecule has 2 heterocycles. The maximum Gasteiger partial charge on any atom is 0.131 e. The predicted octanol–water partition coefficient (Wildman–Crippen LogP) is 2.91. The van der Waals surface area contributed by atoms with Gasteiger partial charge in [-0.2, -0.15) is 0 Å². The van der Waals surface area contributed by atoms with Gasteiger partial charge in [0.05, 0.1) is 0 Å². The SMILES string of the molecule is CC(C)N1CC(C)(Oc2cccc3c2CCCN3)C1. The highest BCUT2D eigenvalue weighted by Gasteiger charge is 2.42. The Morgan fingerprint density at radius 1 is 1.32 bits per heavy atom. The van der Waals surface area contributed by atoms with Crippen LogP contribution < -0.4 is 10.1 Å². The van der Waals surface area contributed by atoms with E-state index in [-0.39, 0.29) is 5.60 Å². The van der Waals surface area contributed by atoms with Crippen LogP contribution in [0.15, 0.2) is 18.2 Å². The molecule has 0 atom stereocenters. The Bertz CT molecular complexity index is 464. The first kappa shape index (κ1) is 12.8. The number of likely N-dealkylation sites (tertiary alicyclic amines) is 1. The van der Waals surface area contributed by atoms with Gasteiger partial charge in [0.2, 0.25) is 0 Å². The molecular formula is C16H24N2O. The summed E-state index contributed by atoms with van der Waals surface area (Å²) in [4.78, 5) is 2.45. The van der Waals surface area contributed by atoms with Gasteiger partial charge in [-0.25, -0.2) is 0 Å². The van der Waals surface area contributed by atoms with Crippen molar-refractivity contribution in [3.63, 3.8) is 0 Å². The fourth-order valence-corrected chi connectivity index (χ4v) is 3.08.